The molecule has 1 atom stereocenters. The first-order valence-electron chi connectivity index (χ1n) is 5.04. The summed E-state index contributed by atoms with van der Waals surface area (Å²) in [5, 5.41) is 7.53. The topological polar surface area (TPSA) is 46.9 Å². The van der Waals surface area contributed by atoms with Crippen molar-refractivity contribution < 1.29 is 4.79 Å². The van der Waals surface area contributed by atoms with Crippen molar-refractivity contribution in [1.82, 2.24) is 15.1 Å². The molecule has 76 valence electrons. The van der Waals surface area contributed by atoms with Gasteiger partial charge in [-0.2, -0.15) is 5.10 Å². The molecule has 1 unspecified atom stereocenters. The van der Waals surface area contributed by atoms with E-state index in [1.165, 1.54) is 0 Å². The lowest BCUT2D eigenvalue weighted by atomic mass is 10.1. The number of piperidine rings is 1. The van der Waals surface area contributed by atoms with Gasteiger partial charge in [0.05, 0.1) is 6.04 Å². The highest BCUT2D eigenvalue weighted by molar-refractivity contribution is 5.92. The third kappa shape index (κ3) is 1.70. The standard InChI is InChI=1S/C10H15N3O/c1-8(14)10-4-6-12-13(10)9-3-2-5-11-7-9/h4,6,9,11H,2-3,5,7H2,1H3. The maximum atomic E-state index is 11.3. The fourth-order valence-electron chi connectivity index (χ4n) is 1.93. The molecule has 1 aliphatic rings. The van der Waals surface area contributed by atoms with Crippen LogP contribution in [0.4, 0.5) is 0 Å². The second-order valence-electron chi connectivity index (χ2n) is 3.72. The Morgan fingerprint density at radius 3 is 3.21 bits per heavy atom. The van der Waals surface area contributed by atoms with Gasteiger partial charge in [0, 0.05) is 19.7 Å². The first-order chi connectivity index (χ1) is 6.79. The molecule has 0 spiro atoms. The lowest BCUT2D eigenvalue weighted by molar-refractivity contribution is 0.0999. The maximum Gasteiger partial charge on any atom is 0.177 e. The first kappa shape index (κ1) is 9.40. The third-order valence-electron chi connectivity index (χ3n) is 2.65. The van der Waals surface area contributed by atoms with Crippen LogP contribution in [0.5, 0.6) is 0 Å². The third-order valence-corrected chi connectivity index (χ3v) is 2.65. The number of hydrogen-bond donors (Lipinski definition) is 1. The highest BCUT2D eigenvalue weighted by atomic mass is 16.1. The fourth-order valence-corrected chi connectivity index (χ4v) is 1.93. The van der Waals surface area contributed by atoms with Crippen molar-refractivity contribution in [1.29, 1.82) is 0 Å². The summed E-state index contributed by atoms with van der Waals surface area (Å²) >= 11 is 0. The Morgan fingerprint density at radius 1 is 1.71 bits per heavy atom. The molecule has 14 heavy (non-hydrogen) atoms. The Hall–Kier alpha value is -1.16. The van der Waals surface area contributed by atoms with Crippen LogP contribution >= 0.6 is 0 Å². The summed E-state index contributed by atoms with van der Waals surface area (Å²) in [6, 6.07) is 2.13. The number of rotatable bonds is 2. The molecule has 0 saturated carbocycles. The van der Waals surface area contributed by atoms with E-state index in [4.69, 9.17) is 0 Å². The molecule has 1 N–H and O–H groups in total. The van der Waals surface area contributed by atoms with Gasteiger partial charge in [-0.15, -0.1) is 0 Å². The SMILES string of the molecule is CC(=O)c1ccnn1C1CCCNC1. The average Bonchev–Trinajstić information content (AvgIpc) is 2.67. The number of hydrogen-bond acceptors (Lipinski definition) is 3. The van der Waals surface area contributed by atoms with Crippen LogP contribution in [-0.4, -0.2) is 28.7 Å². The molecule has 1 aliphatic heterocycles. The molecule has 0 amide bonds. The number of aromatic nitrogens is 2. The van der Waals surface area contributed by atoms with Crippen molar-refractivity contribution in [2.45, 2.75) is 25.8 Å². The summed E-state index contributed by atoms with van der Waals surface area (Å²) in [5.41, 5.74) is 0.721. The molecule has 1 saturated heterocycles. The molecule has 4 nitrogen and oxygen atoms in total. The molecule has 4 heteroatoms. The predicted molar refractivity (Wildman–Crippen MR) is 53.4 cm³/mol. The van der Waals surface area contributed by atoms with Crippen LogP contribution in [0.3, 0.4) is 0 Å². The van der Waals surface area contributed by atoms with Crippen molar-refractivity contribution in [3.63, 3.8) is 0 Å². The van der Waals surface area contributed by atoms with Gasteiger partial charge in [0.2, 0.25) is 0 Å². The molecular formula is C10H15N3O. The number of Topliss-reactive ketones (excluding diaryl/α,β-unsaturated/α-hetero) is 1. The minimum Gasteiger partial charge on any atom is -0.315 e. The van der Waals surface area contributed by atoms with E-state index >= 15 is 0 Å². The Bertz CT molecular complexity index is 326. The second-order valence-corrected chi connectivity index (χ2v) is 3.72. The number of nitrogens with zero attached hydrogens (tertiary/aromatic N) is 2. The summed E-state index contributed by atoms with van der Waals surface area (Å²) < 4.78 is 1.86. The number of ketones is 1. The highest BCUT2D eigenvalue weighted by Crippen LogP contribution is 2.17. The Kier molecular flexibility index (Phi) is 2.63. The van der Waals surface area contributed by atoms with Crippen LogP contribution in [0.25, 0.3) is 0 Å². The summed E-state index contributed by atoms with van der Waals surface area (Å²) in [4.78, 5) is 11.3. The summed E-state index contributed by atoms with van der Waals surface area (Å²) in [6.45, 7) is 3.58. The summed E-state index contributed by atoms with van der Waals surface area (Å²) in [7, 11) is 0. The molecule has 0 aliphatic carbocycles. The van der Waals surface area contributed by atoms with E-state index in [1.807, 2.05) is 4.68 Å². The summed E-state index contributed by atoms with van der Waals surface area (Å²) in [6.07, 6.45) is 3.96. The van der Waals surface area contributed by atoms with Gasteiger partial charge in [-0.3, -0.25) is 9.48 Å². The average molecular weight is 193 g/mol. The van der Waals surface area contributed by atoms with Gasteiger partial charge < -0.3 is 5.32 Å². The van der Waals surface area contributed by atoms with Gasteiger partial charge >= 0.3 is 0 Å². The maximum absolute atomic E-state index is 11.3. The highest BCUT2D eigenvalue weighted by Gasteiger charge is 2.19. The quantitative estimate of drug-likeness (QED) is 0.713. The van der Waals surface area contributed by atoms with Gasteiger partial charge in [0.15, 0.2) is 5.78 Å². The Labute approximate surface area is 83.3 Å². The van der Waals surface area contributed by atoms with E-state index in [-0.39, 0.29) is 5.78 Å². The summed E-state index contributed by atoms with van der Waals surface area (Å²) in [5.74, 6) is 0.0908. The molecular weight excluding hydrogens is 178 g/mol. The van der Waals surface area contributed by atoms with Gasteiger partial charge in [0.25, 0.3) is 0 Å². The minimum atomic E-state index is 0.0908. The first-order valence-corrected chi connectivity index (χ1v) is 5.04. The van der Waals surface area contributed by atoms with Crippen molar-refractivity contribution in [2.24, 2.45) is 0 Å². The lowest BCUT2D eigenvalue weighted by Crippen LogP contribution is -2.33. The molecule has 0 radical (unpaired) electrons. The van der Waals surface area contributed by atoms with Crippen LogP contribution in [-0.2, 0) is 0 Å². The molecule has 2 heterocycles. The molecule has 1 fully saturated rings. The van der Waals surface area contributed by atoms with Crippen molar-refractivity contribution in [2.75, 3.05) is 13.1 Å². The zero-order chi connectivity index (χ0) is 9.97. The van der Waals surface area contributed by atoms with E-state index < -0.39 is 0 Å². The van der Waals surface area contributed by atoms with Crippen LogP contribution < -0.4 is 5.32 Å². The van der Waals surface area contributed by atoms with Crippen LogP contribution in [0, 0.1) is 0 Å². The number of carbonyl (C=O) groups excluding carboxylic acids is 1. The van der Waals surface area contributed by atoms with Gasteiger partial charge in [-0.1, -0.05) is 0 Å². The van der Waals surface area contributed by atoms with Crippen molar-refractivity contribution in [3.8, 4) is 0 Å². The predicted octanol–water partition coefficient (Wildman–Crippen LogP) is 1.01. The van der Waals surface area contributed by atoms with E-state index in [9.17, 15) is 4.79 Å². The van der Waals surface area contributed by atoms with Crippen LogP contribution in [0.1, 0.15) is 36.3 Å². The van der Waals surface area contributed by atoms with Crippen LogP contribution in [0.2, 0.25) is 0 Å². The van der Waals surface area contributed by atoms with Gasteiger partial charge in [0.1, 0.15) is 5.69 Å². The van der Waals surface area contributed by atoms with E-state index in [2.05, 4.69) is 10.4 Å². The minimum absolute atomic E-state index is 0.0908. The van der Waals surface area contributed by atoms with Gasteiger partial charge in [-0.05, 0) is 25.5 Å². The van der Waals surface area contributed by atoms with Crippen molar-refractivity contribution >= 4 is 5.78 Å². The monoisotopic (exact) mass is 193 g/mol. The Balaban J connectivity index is 2.21. The second kappa shape index (κ2) is 3.92. The fraction of sp³-hybridized carbons (Fsp3) is 0.600. The molecule has 0 aromatic carbocycles. The number of nitrogens with one attached hydrogen (secondary N) is 1. The lowest BCUT2D eigenvalue weighted by Gasteiger charge is -2.24. The molecule has 1 aromatic heterocycles. The molecule has 1 aromatic rings. The zero-order valence-electron chi connectivity index (χ0n) is 8.36. The van der Waals surface area contributed by atoms with Gasteiger partial charge in [-0.25, -0.2) is 0 Å². The van der Waals surface area contributed by atoms with Crippen LogP contribution in [0.15, 0.2) is 12.3 Å². The smallest absolute Gasteiger partial charge is 0.177 e. The molecule has 2 rings (SSSR count). The molecule has 0 bridgehead atoms. The van der Waals surface area contributed by atoms with E-state index in [0.29, 0.717) is 6.04 Å². The zero-order valence-corrected chi connectivity index (χ0v) is 8.36. The van der Waals surface area contributed by atoms with Crippen molar-refractivity contribution in [3.05, 3.63) is 18.0 Å². The normalized spacial score (nSPS) is 22.2. The largest absolute Gasteiger partial charge is 0.315 e. The number of carbonyl (C=O) groups is 1. The van der Waals surface area contributed by atoms with E-state index in [1.54, 1.807) is 19.2 Å². The Morgan fingerprint density at radius 2 is 2.57 bits per heavy atom. The van der Waals surface area contributed by atoms with E-state index in [0.717, 1.165) is 31.6 Å².